The summed E-state index contributed by atoms with van der Waals surface area (Å²) in [5.41, 5.74) is 0.0828. The van der Waals surface area contributed by atoms with Crippen LogP contribution in [0.5, 0.6) is 0 Å². The standard InChI is InChI=1S/C13H15NO3/c1-3-17-13(16)11-7-12(15)9-6-8(2)4-5-10(9)14-11/h5-8,14H,3-4H2,1-2H3/t8-/m1/s1. The van der Waals surface area contributed by atoms with Crippen molar-refractivity contribution in [3.8, 4) is 0 Å². The van der Waals surface area contributed by atoms with Crippen molar-refractivity contribution in [2.45, 2.75) is 20.3 Å². The molecule has 1 N–H and O–H groups in total. The van der Waals surface area contributed by atoms with Gasteiger partial charge in [-0.25, -0.2) is 4.79 Å². The van der Waals surface area contributed by atoms with Gasteiger partial charge in [0.25, 0.3) is 0 Å². The molecule has 1 atom stereocenters. The maximum absolute atomic E-state index is 11.9. The van der Waals surface area contributed by atoms with E-state index in [0.29, 0.717) is 17.7 Å². The summed E-state index contributed by atoms with van der Waals surface area (Å²) in [5.74, 6) is -0.128. The summed E-state index contributed by atoms with van der Waals surface area (Å²) in [5, 5.41) is 1.37. The molecule has 4 nitrogen and oxygen atoms in total. The smallest absolute Gasteiger partial charge is 0.354 e. The Labute approximate surface area is 98.6 Å². The van der Waals surface area contributed by atoms with Gasteiger partial charge in [-0.2, -0.15) is 0 Å². The Hall–Kier alpha value is -1.84. The number of rotatable bonds is 2. The number of carbonyl (C=O) groups excluding carboxylic acids is 1. The fourth-order valence-electron chi connectivity index (χ4n) is 1.90. The van der Waals surface area contributed by atoms with Crippen LogP contribution in [0.15, 0.2) is 10.9 Å². The van der Waals surface area contributed by atoms with Gasteiger partial charge in [0.1, 0.15) is 5.69 Å². The number of ether oxygens (including phenoxy) is 1. The molecule has 2 rings (SSSR count). The molecule has 0 fully saturated rings. The number of nitrogens with one attached hydrogen (secondary N) is 1. The summed E-state index contributed by atoms with van der Waals surface area (Å²) in [7, 11) is 0. The van der Waals surface area contributed by atoms with Gasteiger partial charge < -0.3 is 9.72 Å². The molecule has 0 saturated heterocycles. The van der Waals surface area contributed by atoms with Gasteiger partial charge in [0.05, 0.1) is 6.61 Å². The monoisotopic (exact) mass is 233 g/mol. The Balaban J connectivity index is 2.57. The van der Waals surface area contributed by atoms with E-state index in [2.05, 4.69) is 11.9 Å². The maximum atomic E-state index is 11.9. The highest BCUT2D eigenvalue weighted by Gasteiger charge is 2.11. The highest BCUT2D eigenvalue weighted by atomic mass is 16.5. The first kappa shape index (κ1) is 11.6. The molecular weight excluding hydrogens is 218 g/mol. The number of fused-ring (bicyclic) bond motifs is 1. The van der Waals surface area contributed by atoms with Crippen LogP contribution in [0.1, 0.15) is 30.8 Å². The van der Waals surface area contributed by atoms with Gasteiger partial charge in [-0.3, -0.25) is 4.79 Å². The number of carbonyl (C=O) groups is 1. The summed E-state index contributed by atoms with van der Waals surface area (Å²) < 4.78 is 4.86. The van der Waals surface area contributed by atoms with Crippen LogP contribution in [0.3, 0.4) is 0 Å². The van der Waals surface area contributed by atoms with Gasteiger partial charge in [0.2, 0.25) is 0 Å². The number of hydrogen-bond donors (Lipinski definition) is 1. The molecule has 17 heavy (non-hydrogen) atoms. The van der Waals surface area contributed by atoms with Crippen LogP contribution < -0.4 is 16.0 Å². The molecule has 0 radical (unpaired) electrons. The molecule has 1 aromatic rings. The van der Waals surface area contributed by atoms with Crippen LogP contribution in [0.4, 0.5) is 0 Å². The Bertz CT molecular complexity index is 613. The lowest BCUT2D eigenvalue weighted by atomic mass is 10.0. The van der Waals surface area contributed by atoms with Crippen molar-refractivity contribution >= 4 is 18.1 Å². The van der Waals surface area contributed by atoms with Gasteiger partial charge in [0, 0.05) is 16.6 Å². The van der Waals surface area contributed by atoms with E-state index in [1.54, 1.807) is 6.92 Å². The third-order valence-electron chi connectivity index (χ3n) is 2.74. The summed E-state index contributed by atoms with van der Waals surface area (Å²) in [4.78, 5) is 26.3. The van der Waals surface area contributed by atoms with Gasteiger partial charge in [-0.05, 0) is 19.3 Å². The topological polar surface area (TPSA) is 59.2 Å². The molecule has 0 amide bonds. The first-order valence-electron chi connectivity index (χ1n) is 5.74. The van der Waals surface area contributed by atoms with Crippen molar-refractivity contribution in [3.63, 3.8) is 0 Å². The fourth-order valence-corrected chi connectivity index (χ4v) is 1.90. The summed E-state index contributed by atoms with van der Waals surface area (Å²) >= 11 is 0. The van der Waals surface area contributed by atoms with Crippen LogP contribution in [0.2, 0.25) is 0 Å². The average Bonchev–Trinajstić information content (AvgIpc) is 2.30. The largest absolute Gasteiger partial charge is 0.461 e. The minimum absolute atomic E-state index is 0.135. The number of hydrogen-bond acceptors (Lipinski definition) is 3. The molecule has 0 aromatic carbocycles. The van der Waals surface area contributed by atoms with E-state index < -0.39 is 5.97 Å². The summed E-state index contributed by atoms with van der Waals surface area (Å²) in [6, 6.07) is 1.30. The highest BCUT2D eigenvalue weighted by molar-refractivity contribution is 5.87. The molecule has 90 valence electrons. The molecule has 0 unspecified atom stereocenters. The fraction of sp³-hybridized carbons (Fsp3) is 0.385. The molecule has 0 aliphatic heterocycles. The highest BCUT2D eigenvalue weighted by Crippen LogP contribution is 2.05. The predicted molar refractivity (Wildman–Crippen MR) is 65.0 cm³/mol. The lowest BCUT2D eigenvalue weighted by molar-refractivity contribution is 0.0519. The van der Waals surface area contributed by atoms with E-state index in [1.165, 1.54) is 6.07 Å². The van der Waals surface area contributed by atoms with E-state index in [1.807, 2.05) is 12.2 Å². The molecule has 0 saturated carbocycles. The van der Waals surface area contributed by atoms with Crippen molar-refractivity contribution in [1.29, 1.82) is 0 Å². The molecule has 4 heteroatoms. The van der Waals surface area contributed by atoms with E-state index >= 15 is 0 Å². The second kappa shape index (κ2) is 4.57. The lowest BCUT2D eigenvalue weighted by Gasteiger charge is -2.08. The van der Waals surface area contributed by atoms with Gasteiger partial charge in [-0.15, -0.1) is 0 Å². The van der Waals surface area contributed by atoms with Crippen LogP contribution in [0.25, 0.3) is 12.2 Å². The quantitative estimate of drug-likeness (QED) is 0.740. The van der Waals surface area contributed by atoms with E-state index in [0.717, 1.165) is 11.8 Å². The van der Waals surface area contributed by atoms with E-state index in [-0.39, 0.29) is 11.1 Å². The Morgan fingerprint density at radius 3 is 3.06 bits per heavy atom. The molecule has 1 heterocycles. The molecule has 1 aromatic heterocycles. The van der Waals surface area contributed by atoms with Crippen LogP contribution in [-0.2, 0) is 4.74 Å². The molecular formula is C13H15NO3. The normalized spacial score (nSPS) is 17.6. The van der Waals surface area contributed by atoms with Crippen LogP contribution in [-0.4, -0.2) is 17.6 Å². The van der Waals surface area contributed by atoms with Gasteiger partial charge in [0.15, 0.2) is 5.43 Å². The Kier molecular flexibility index (Phi) is 3.13. The van der Waals surface area contributed by atoms with Crippen molar-refractivity contribution in [1.82, 2.24) is 4.98 Å². The predicted octanol–water partition coefficient (Wildman–Crippen LogP) is 0.152. The van der Waals surface area contributed by atoms with E-state index in [9.17, 15) is 9.59 Å². The van der Waals surface area contributed by atoms with Crippen LogP contribution in [0, 0.1) is 5.92 Å². The molecule has 0 bridgehead atoms. The van der Waals surface area contributed by atoms with Crippen LogP contribution >= 0.6 is 0 Å². The number of H-pyrrole nitrogens is 1. The molecule has 1 aliphatic carbocycles. The van der Waals surface area contributed by atoms with Gasteiger partial charge >= 0.3 is 5.97 Å². The first-order valence-corrected chi connectivity index (χ1v) is 5.74. The first-order chi connectivity index (χ1) is 8.11. The number of pyridine rings is 1. The van der Waals surface area contributed by atoms with Crippen molar-refractivity contribution in [2.24, 2.45) is 5.92 Å². The summed E-state index contributed by atoms with van der Waals surface area (Å²) in [6.45, 7) is 4.08. The Morgan fingerprint density at radius 1 is 1.59 bits per heavy atom. The van der Waals surface area contributed by atoms with Crippen molar-refractivity contribution in [2.75, 3.05) is 6.61 Å². The number of esters is 1. The zero-order chi connectivity index (χ0) is 12.4. The SMILES string of the molecule is CCOC(=O)c1cc(=O)c2c([nH]1)=CC[C@@H](C)C=2. The van der Waals surface area contributed by atoms with E-state index in [4.69, 9.17) is 4.74 Å². The average molecular weight is 233 g/mol. The molecule has 0 spiro atoms. The number of aromatic amines is 1. The van der Waals surface area contributed by atoms with Crippen molar-refractivity contribution < 1.29 is 9.53 Å². The maximum Gasteiger partial charge on any atom is 0.354 e. The second-order valence-electron chi connectivity index (χ2n) is 4.18. The zero-order valence-corrected chi connectivity index (χ0v) is 9.95. The second-order valence-corrected chi connectivity index (χ2v) is 4.18. The third-order valence-corrected chi connectivity index (χ3v) is 2.74. The Morgan fingerprint density at radius 2 is 2.35 bits per heavy atom. The minimum atomic E-state index is -0.487. The lowest BCUT2D eigenvalue weighted by Crippen LogP contribution is -2.44. The zero-order valence-electron chi connectivity index (χ0n) is 9.95. The minimum Gasteiger partial charge on any atom is -0.461 e. The summed E-state index contributed by atoms with van der Waals surface area (Å²) in [6.07, 6.45) is 4.75. The van der Waals surface area contributed by atoms with Crippen molar-refractivity contribution in [3.05, 3.63) is 32.6 Å². The third kappa shape index (κ3) is 2.30. The number of aromatic nitrogens is 1. The van der Waals surface area contributed by atoms with Gasteiger partial charge in [-0.1, -0.05) is 19.1 Å². The molecule has 1 aliphatic rings.